The molecule has 110 valence electrons. The summed E-state index contributed by atoms with van der Waals surface area (Å²) < 4.78 is 0. The van der Waals surface area contributed by atoms with E-state index >= 15 is 0 Å². The fourth-order valence-electron chi connectivity index (χ4n) is 2.38. The van der Waals surface area contributed by atoms with Crippen LogP contribution in [0.3, 0.4) is 0 Å². The summed E-state index contributed by atoms with van der Waals surface area (Å²) in [5, 5.41) is 8.93. The summed E-state index contributed by atoms with van der Waals surface area (Å²) in [5.74, 6) is 1.13. The van der Waals surface area contributed by atoms with Gasteiger partial charge in [0.05, 0.1) is 6.61 Å². The summed E-state index contributed by atoms with van der Waals surface area (Å²) in [4.78, 5) is 17.7. The summed E-state index contributed by atoms with van der Waals surface area (Å²) in [6.45, 7) is 6.16. The van der Waals surface area contributed by atoms with Gasteiger partial charge in [-0.2, -0.15) is 0 Å². The second kappa shape index (κ2) is 7.67. The van der Waals surface area contributed by atoms with E-state index in [4.69, 9.17) is 5.11 Å². The Labute approximate surface area is 124 Å². The second-order valence-electron chi connectivity index (χ2n) is 4.82. The van der Waals surface area contributed by atoms with Crippen molar-refractivity contribution >= 4 is 17.7 Å². The Kier molecular flexibility index (Phi) is 5.88. The van der Waals surface area contributed by atoms with Crippen LogP contribution in [0.5, 0.6) is 0 Å². The Balaban J connectivity index is 1.96. The van der Waals surface area contributed by atoms with Crippen molar-refractivity contribution in [1.82, 2.24) is 9.80 Å². The minimum absolute atomic E-state index is 0.118. The molecule has 1 aliphatic rings. The van der Waals surface area contributed by atoms with Crippen LogP contribution in [0.4, 0.5) is 0 Å². The van der Waals surface area contributed by atoms with Gasteiger partial charge >= 0.3 is 0 Å². The van der Waals surface area contributed by atoms with E-state index in [1.54, 1.807) is 11.8 Å². The molecule has 1 amide bonds. The molecule has 1 aromatic rings. The molecule has 1 aromatic carbocycles. The third-order valence-corrected chi connectivity index (χ3v) is 4.34. The van der Waals surface area contributed by atoms with Crippen molar-refractivity contribution in [3.05, 3.63) is 29.8 Å². The number of aliphatic hydroxyl groups is 1. The van der Waals surface area contributed by atoms with Gasteiger partial charge in [0.2, 0.25) is 0 Å². The Hall–Kier alpha value is -1.04. The van der Waals surface area contributed by atoms with Gasteiger partial charge in [-0.15, -0.1) is 11.8 Å². The highest BCUT2D eigenvalue weighted by molar-refractivity contribution is 7.99. The molecule has 0 radical (unpaired) electrons. The van der Waals surface area contributed by atoms with E-state index in [0.717, 1.165) is 42.4 Å². The smallest absolute Gasteiger partial charge is 0.253 e. The summed E-state index contributed by atoms with van der Waals surface area (Å²) in [7, 11) is 0. The van der Waals surface area contributed by atoms with Crippen molar-refractivity contribution in [3.63, 3.8) is 0 Å². The lowest BCUT2D eigenvalue weighted by Gasteiger charge is -2.34. The van der Waals surface area contributed by atoms with E-state index in [2.05, 4.69) is 11.8 Å². The zero-order chi connectivity index (χ0) is 14.4. The highest BCUT2D eigenvalue weighted by Gasteiger charge is 2.21. The first-order valence-electron chi connectivity index (χ1n) is 7.10. The molecule has 1 aliphatic heterocycles. The first kappa shape index (κ1) is 15.4. The maximum Gasteiger partial charge on any atom is 0.253 e. The molecule has 0 atom stereocenters. The highest BCUT2D eigenvalue weighted by Crippen LogP contribution is 2.19. The molecular weight excluding hydrogens is 272 g/mol. The average molecular weight is 294 g/mol. The summed E-state index contributed by atoms with van der Waals surface area (Å²) in [6, 6.07) is 7.87. The number of carbonyl (C=O) groups is 1. The maximum atomic E-state index is 12.5. The van der Waals surface area contributed by atoms with Crippen LogP contribution in [0.25, 0.3) is 0 Å². The molecule has 5 heteroatoms. The number of rotatable bonds is 5. The summed E-state index contributed by atoms with van der Waals surface area (Å²) in [5.41, 5.74) is 0.777. The third-order valence-electron chi connectivity index (χ3n) is 3.47. The molecule has 0 spiro atoms. The molecule has 1 fully saturated rings. The van der Waals surface area contributed by atoms with Crippen molar-refractivity contribution < 1.29 is 9.90 Å². The number of piperazine rings is 1. The predicted molar refractivity (Wildman–Crippen MR) is 82.3 cm³/mol. The van der Waals surface area contributed by atoms with Crippen molar-refractivity contribution in [2.75, 3.05) is 45.1 Å². The normalized spacial score (nSPS) is 16.4. The van der Waals surface area contributed by atoms with Crippen LogP contribution in [-0.2, 0) is 0 Å². The lowest BCUT2D eigenvalue weighted by molar-refractivity contribution is 0.0615. The van der Waals surface area contributed by atoms with Crippen molar-refractivity contribution in [2.24, 2.45) is 0 Å². The zero-order valence-electron chi connectivity index (χ0n) is 11.9. The van der Waals surface area contributed by atoms with E-state index < -0.39 is 0 Å². The molecule has 0 saturated carbocycles. The van der Waals surface area contributed by atoms with Gasteiger partial charge in [-0.25, -0.2) is 0 Å². The highest BCUT2D eigenvalue weighted by atomic mass is 32.2. The van der Waals surface area contributed by atoms with Gasteiger partial charge in [0.15, 0.2) is 0 Å². The number of hydrogen-bond donors (Lipinski definition) is 1. The minimum atomic E-state index is 0.118. The van der Waals surface area contributed by atoms with Crippen molar-refractivity contribution in [2.45, 2.75) is 11.8 Å². The molecule has 0 aliphatic carbocycles. The quantitative estimate of drug-likeness (QED) is 0.837. The van der Waals surface area contributed by atoms with Gasteiger partial charge < -0.3 is 10.0 Å². The lowest BCUT2D eigenvalue weighted by atomic mass is 10.2. The van der Waals surface area contributed by atoms with Crippen LogP contribution in [0.15, 0.2) is 29.2 Å². The van der Waals surface area contributed by atoms with E-state index in [1.807, 2.05) is 29.2 Å². The Morgan fingerprint density at radius 2 is 2.05 bits per heavy atom. The third kappa shape index (κ3) is 3.98. The standard InChI is InChI=1S/C15H22N2O2S/c1-2-20-14-5-3-4-13(12-14)15(19)17-8-6-16(7-9-17)10-11-18/h3-5,12,18H,2,6-11H2,1H3. The number of carbonyl (C=O) groups excluding carboxylic acids is 1. The number of hydrogen-bond acceptors (Lipinski definition) is 4. The van der Waals surface area contributed by atoms with E-state index in [9.17, 15) is 4.79 Å². The number of thioether (sulfide) groups is 1. The Morgan fingerprint density at radius 3 is 2.70 bits per heavy atom. The molecule has 0 aromatic heterocycles. The number of β-amino-alcohol motifs (C(OH)–C–C–N with tert-alkyl or cyclic N) is 1. The van der Waals surface area contributed by atoms with Crippen LogP contribution in [-0.4, -0.2) is 65.9 Å². The van der Waals surface area contributed by atoms with Gasteiger partial charge in [-0.3, -0.25) is 9.69 Å². The van der Waals surface area contributed by atoms with Crippen LogP contribution in [0, 0.1) is 0 Å². The first-order chi connectivity index (χ1) is 9.74. The molecule has 20 heavy (non-hydrogen) atoms. The van der Waals surface area contributed by atoms with Crippen molar-refractivity contribution in [1.29, 1.82) is 0 Å². The molecular formula is C15H22N2O2S. The van der Waals surface area contributed by atoms with Crippen LogP contribution < -0.4 is 0 Å². The topological polar surface area (TPSA) is 43.8 Å². The van der Waals surface area contributed by atoms with Gasteiger partial charge in [-0.1, -0.05) is 13.0 Å². The molecule has 0 unspecified atom stereocenters. The van der Waals surface area contributed by atoms with Crippen molar-refractivity contribution in [3.8, 4) is 0 Å². The predicted octanol–water partition coefficient (Wildman–Crippen LogP) is 1.55. The van der Waals surface area contributed by atoms with Crippen LogP contribution >= 0.6 is 11.8 Å². The molecule has 4 nitrogen and oxygen atoms in total. The minimum Gasteiger partial charge on any atom is -0.395 e. The Bertz CT molecular complexity index is 445. The number of nitrogens with zero attached hydrogens (tertiary/aromatic N) is 2. The fraction of sp³-hybridized carbons (Fsp3) is 0.533. The fourth-order valence-corrected chi connectivity index (χ4v) is 3.10. The molecule has 1 heterocycles. The van der Waals surface area contributed by atoms with E-state index in [-0.39, 0.29) is 12.5 Å². The van der Waals surface area contributed by atoms with Gasteiger partial charge in [0, 0.05) is 43.2 Å². The molecule has 1 N–H and O–H groups in total. The first-order valence-corrected chi connectivity index (χ1v) is 8.08. The van der Waals surface area contributed by atoms with Crippen LogP contribution in [0.1, 0.15) is 17.3 Å². The van der Waals surface area contributed by atoms with E-state index in [0.29, 0.717) is 6.54 Å². The maximum absolute atomic E-state index is 12.5. The second-order valence-corrected chi connectivity index (χ2v) is 6.16. The Morgan fingerprint density at radius 1 is 1.30 bits per heavy atom. The van der Waals surface area contributed by atoms with Crippen LogP contribution in [0.2, 0.25) is 0 Å². The number of aliphatic hydroxyl groups excluding tert-OH is 1. The van der Waals surface area contributed by atoms with E-state index in [1.165, 1.54) is 0 Å². The lowest BCUT2D eigenvalue weighted by Crippen LogP contribution is -2.49. The average Bonchev–Trinajstić information content (AvgIpc) is 2.48. The molecule has 0 bridgehead atoms. The molecule has 2 rings (SSSR count). The van der Waals surface area contributed by atoms with Gasteiger partial charge in [0.25, 0.3) is 5.91 Å². The number of benzene rings is 1. The SMILES string of the molecule is CCSc1cccc(C(=O)N2CCN(CCO)CC2)c1. The van der Waals surface area contributed by atoms with Gasteiger partial charge in [0.1, 0.15) is 0 Å². The van der Waals surface area contributed by atoms with Gasteiger partial charge in [-0.05, 0) is 24.0 Å². The number of amides is 1. The zero-order valence-corrected chi connectivity index (χ0v) is 12.7. The molecule has 1 saturated heterocycles. The monoisotopic (exact) mass is 294 g/mol. The summed E-state index contributed by atoms with van der Waals surface area (Å²) >= 11 is 1.75. The largest absolute Gasteiger partial charge is 0.395 e. The summed E-state index contributed by atoms with van der Waals surface area (Å²) in [6.07, 6.45) is 0.